The highest BCUT2D eigenvalue weighted by Crippen LogP contribution is 2.31. The summed E-state index contributed by atoms with van der Waals surface area (Å²) in [4.78, 5) is 10.6. The van der Waals surface area contributed by atoms with Gasteiger partial charge in [-0.3, -0.25) is 4.79 Å². The summed E-state index contributed by atoms with van der Waals surface area (Å²) < 4.78 is 23.3. The molecule has 1 heterocycles. The molecule has 3 nitrogen and oxygen atoms in total. The predicted octanol–water partition coefficient (Wildman–Crippen LogP) is 1.66. The number of rotatable bonds is 2. The molecule has 4 atom stereocenters. The Morgan fingerprint density at radius 2 is 2.23 bits per heavy atom. The molecule has 0 aliphatic carbocycles. The highest BCUT2D eigenvalue weighted by Gasteiger charge is 2.43. The SMILES string of the molecule is CC[C@H]1OC(OC(C)=O)C(F)[C@H]1C. The second kappa shape index (κ2) is 4.05. The summed E-state index contributed by atoms with van der Waals surface area (Å²) in [6, 6.07) is 0. The molecular weight excluding hydrogens is 175 g/mol. The summed E-state index contributed by atoms with van der Waals surface area (Å²) in [6.07, 6.45) is -1.61. The van der Waals surface area contributed by atoms with Gasteiger partial charge in [0.05, 0.1) is 6.10 Å². The van der Waals surface area contributed by atoms with Gasteiger partial charge in [-0.2, -0.15) is 0 Å². The largest absolute Gasteiger partial charge is 0.433 e. The summed E-state index contributed by atoms with van der Waals surface area (Å²) in [5, 5.41) is 0. The highest BCUT2D eigenvalue weighted by molar-refractivity contribution is 5.66. The van der Waals surface area contributed by atoms with E-state index in [9.17, 15) is 9.18 Å². The molecule has 2 unspecified atom stereocenters. The molecule has 76 valence electrons. The molecule has 1 aliphatic rings. The predicted molar refractivity (Wildman–Crippen MR) is 44.8 cm³/mol. The number of hydrogen-bond donors (Lipinski definition) is 0. The van der Waals surface area contributed by atoms with Crippen LogP contribution in [0.4, 0.5) is 4.39 Å². The van der Waals surface area contributed by atoms with Crippen molar-refractivity contribution in [1.29, 1.82) is 0 Å². The topological polar surface area (TPSA) is 35.5 Å². The Morgan fingerprint density at radius 1 is 1.62 bits per heavy atom. The van der Waals surface area contributed by atoms with Gasteiger partial charge in [0.1, 0.15) is 0 Å². The van der Waals surface area contributed by atoms with Crippen molar-refractivity contribution in [3.8, 4) is 0 Å². The van der Waals surface area contributed by atoms with Crippen molar-refractivity contribution < 1.29 is 18.7 Å². The Morgan fingerprint density at radius 3 is 2.62 bits per heavy atom. The quantitative estimate of drug-likeness (QED) is 0.621. The first-order valence-corrected chi connectivity index (χ1v) is 4.53. The molecule has 0 aromatic heterocycles. The molecule has 0 bridgehead atoms. The van der Waals surface area contributed by atoms with Crippen LogP contribution in [-0.2, 0) is 14.3 Å². The zero-order valence-electron chi connectivity index (χ0n) is 8.12. The molecule has 1 saturated heterocycles. The molecule has 13 heavy (non-hydrogen) atoms. The van der Waals surface area contributed by atoms with E-state index in [0.717, 1.165) is 6.42 Å². The number of esters is 1. The van der Waals surface area contributed by atoms with E-state index in [0.29, 0.717) is 0 Å². The third kappa shape index (κ3) is 2.18. The van der Waals surface area contributed by atoms with E-state index in [2.05, 4.69) is 4.74 Å². The van der Waals surface area contributed by atoms with Gasteiger partial charge >= 0.3 is 5.97 Å². The van der Waals surface area contributed by atoms with E-state index in [1.807, 2.05) is 6.92 Å². The van der Waals surface area contributed by atoms with Gasteiger partial charge in [0.2, 0.25) is 6.29 Å². The van der Waals surface area contributed by atoms with Crippen LogP contribution in [0.5, 0.6) is 0 Å². The lowest BCUT2D eigenvalue weighted by Crippen LogP contribution is -2.25. The average molecular weight is 190 g/mol. The van der Waals surface area contributed by atoms with Crippen molar-refractivity contribution in [1.82, 2.24) is 0 Å². The van der Waals surface area contributed by atoms with E-state index in [1.165, 1.54) is 6.92 Å². The minimum absolute atomic E-state index is 0.139. The minimum atomic E-state index is -1.20. The lowest BCUT2D eigenvalue weighted by atomic mass is 10.0. The molecule has 1 rings (SSSR count). The Bertz CT molecular complexity index is 195. The van der Waals surface area contributed by atoms with E-state index >= 15 is 0 Å². The Hall–Kier alpha value is -0.640. The number of hydrogen-bond acceptors (Lipinski definition) is 3. The Labute approximate surface area is 77.2 Å². The molecule has 4 heteroatoms. The Balaban J connectivity index is 2.55. The van der Waals surface area contributed by atoms with Crippen LogP contribution >= 0.6 is 0 Å². The first-order valence-electron chi connectivity index (χ1n) is 4.53. The summed E-state index contributed by atoms with van der Waals surface area (Å²) in [5.74, 6) is -0.703. The van der Waals surface area contributed by atoms with Gasteiger partial charge in [-0.05, 0) is 6.42 Å². The zero-order chi connectivity index (χ0) is 10.0. The third-order valence-corrected chi connectivity index (χ3v) is 2.34. The van der Waals surface area contributed by atoms with Gasteiger partial charge < -0.3 is 9.47 Å². The maximum Gasteiger partial charge on any atom is 0.305 e. The average Bonchev–Trinajstić information content (AvgIpc) is 2.32. The molecule has 0 aromatic carbocycles. The second-order valence-electron chi connectivity index (χ2n) is 3.36. The van der Waals surface area contributed by atoms with E-state index < -0.39 is 18.4 Å². The molecule has 0 N–H and O–H groups in total. The first kappa shape index (κ1) is 10.4. The van der Waals surface area contributed by atoms with Crippen LogP contribution in [0, 0.1) is 5.92 Å². The van der Waals surface area contributed by atoms with Gasteiger partial charge in [0.15, 0.2) is 6.17 Å². The first-order chi connectivity index (χ1) is 6.06. The fraction of sp³-hybridized carbons (Fsp3) is 0.889. The van der Waals surface area contributed by atoms with Crippen LogP contribution in [-0.4, -0.2) is 24.5 Å². The van der Waals surface area contributed by atoms with Crippen LogP contribution in [0.3, 0.4) is 0 Å². The molecule has 1 aliphatic heterocycles. The van der Waals surface area contributed by atoms with Gasteiger partial charge in [0, 0.05) is 12.8 Å². The van der Waals surface area contributed by atoms with Crippen molar-refractivity contribution in [2.45, 2.75) is 45.8 Å². The van der Waals surface area contributed by atoms with Gasteiger partial charge in [-0.25, -0.2) is 4.39 Å². The van der Waals surface area contributed by atoms with Crippen LogP contribution < -0.4 is 0 Å². The molecular formula is C9H15FO3. The lowest BCUT2D eigenvalue weighted by molar-refractivity contribution is -0.180. The number of alkyl halides is 1. The zero-order valence-corrected chi connectivity index (χ0v) is 8.12. The van der Waals surface area contributed by atoms with E-state index in [4.69, 9.17) is 4.74 Å². The van der Waals surface area contributed by atoms with E-state index in [-0.39, 0.29) is 12.0 Å². The fourth-order valence-electron chi connectivity index (χ4n) is 1.55. The molecule has 1 fully saturated rings. The van der Waals surface area contributed by atoms with E-state index in [1.54, 1.807) is 6.92 Å². The monoisotopic (exact) mass is 190 g/mol. The molecule has 0 aromatic rings. The van der Waals surface area contributed by atoms with Gasteiger partial charge in [-0.15, -0.1) is 0 Å². The van der Waals surface area contributed by atoms with Gasteiger partial charge in [0.25, 0.3) is 0 Å². The smallest absolute Gasteiger partial charge is 0.305 e. The molecule has 0 saturated carbocycles. The van der Waals surface area contributed by atoms with Crippen LogP contribution in [0.25, 0.3) is 0 Å². The molecule has 0 spiro atoms. The van der Waals surface area contributed by atoms with Crippen molar-refractivity contribution in [3.63, 3.8) is 0 Å². The number of carbonyl (C=O) groups is 1. The third-order valence-electron chi connectivity index (χ3n) is 2.34. The van der Waals surface area contributed by atoms with Crippen molar-refractivity contribution >= 4 is 5.97 Å². The fourth-order valence-corrected chi connectivity index (χ4v) is 1.55. The normalized spacial score (nSPS) is 39.1. The number of carbonyl (C=O) groups excluding carboxylic acids is 1. The number of halogens is 1. The highest BCUT2D eigenvalue weighted by atomic mass is 19.1. The van der Waals surface area contributed by atoms with Crippen LogP contribution in [0.2, 0.25) is 0 Å². The van der Waals surface area contributed by atoms with Gasteiger partial charge in [-0.1, -0.05) is 13.8 Å². The lowest BCUT2D eigenvalue weighted by Gasteiger charge is -2.12. The maximum atomic E-state index is 13.4. The maximum absolute atomic E-state index is 13.4. The minimum Gasteiger partial charge on any atom is -0.433 e. The molecule has 0 amide bonds. The van der Waals surface area contributed by atoms with Crippen molar-refractivity contribution in [3.05, 3.63) is 0 Å². The molecule has 0 radical (unpaired) electrons. The second-order valence-corrected chi connectivity index (χ2v) is 3.36. The summed E-state index contributed by atoms with van der Waals surface area (Å²) in [7, 11) is 0. The summed E-state index contributed by atoms with van der Waals surface area (Å²) in [5.41, 5.74) is 0. The van der Waals surface area contributed by atoms with Crippen molar-refractivity contribution in [2.75, 3.05) is 0 Å². The summed E-state index contributed by atoms with van der Waals surface area (Å²) in [6.45, 7) is 4.94. The summed E-state index contributed by atoms with van der Waals surface area (Å²) >= 11 is 0. The Kier molecular flexibility index (Phi) is 3.25. The van der Waals surface area contributed by atoms with Crippen LogP contribution in [0.1, 0.15) is 27.2 Å². The standard InChI is InChI=1S/C9H15FO3/c1-4-7-5(2)8(10)9(13-7)12-6(3)11/h5,7-9H,4H2,1-3H3/t5-,7+,8?,9?/m0/s1. The van der Waals surface area contributed by atoms with Crippen molar-refractivity contribution in [2.24, 2.45) is 5.92 Å². The van der Waals surface area contributed by atoms with Crippen LogP contribution in [0.15, 0.2) is 0 Å². The number of ether oxygens (including phenoxy) is 2.